The van der Waals surface area contributed by atoms with Gasteiger partial charge in [0, 0.05) is 43.8 Å². The molecule has 0 radical (unpaired) electrons. The first-order valence-corrected chi connectivity index (χ1v) is 25.1. The first-order valence-electron chi connectivity index (χ1n) is 25.1. The Morgan fingerprint density at radius 2 is 0.646 bits per heavy atom. The van der Waals surface area contributed by atoms with E-state index in [0.29, 0.717) is 145 Å². The van der Waals surface area contributed by atoms with Gasteiger partial charge in [-0.1, -0.05) is 103 Å². The maximum Gasteiger partial charge on any atom is 0.210 e. The SMILES string of the molecule is [C-]#[N+]c1ccc(-c2ccc3c4ccc(-c5ccc(C#N)cc5[N+]#[C-])cc4n(-c4cc(-c5ccc([N+]#[C-])c(-n6c7cc(-c8ccc([N+]#[C-])cc8C#N)ccc7c7ccc(-c8ccc(C#N)cc8[N+]#[C-])cc76)c5)ccc4C#N)c3c2)c(C#N)c1. The van der Waals surface area contributed by atoms with Gasteiger partial charge in [-0.3, -0.25) is 0 Å². The predicted molar refractivity (Wildman–Crippen MR) is 317 cm³/mol. The Hall–Kier alpha value is -13.3. The van der Waals surface area contributed by atoms with Crippen LogP contribution in [0.3, 0.4) is 0 Å². The molecule has 0 amide bonds. The summed E-state index contributed by atoms with van der Waals surface area (Å²) in [7, 11) is 0. The molecule has 0 aliphatic carbocycles. The van der Waals surface area contributed by atoms with Crippen LogP contribution in [0.5, 0.6) is 0 Å². The second-order valence-corrected chi connectivity index (χ2v) is 19.1. The molecule has 12 nitrogen and oxygen atoms in total. The minimum absolute atomic E-state index is 0.300. The van der Waals surface area contributed by atoms with E-state index >= 15 is 0 Å². The molecule has 12 rings (SSSR count). The molecule has 0 bridgehead atoms. The van der Waals surface area contributed by atoms with E-state index in [9.17, 15) is 26.3 Å². The van der Waals surface area contributed by atoms with Crippen LogP contribution in [0, 0.1) is 89.5 Å². The molecule has 12 heteroatoms. The molecule has 10 aromatic carbocycles. The average Bonchev–Trinajstić information content (AvgIpc) is 2.32. The molecular weight excluding hydrogens is 1010 g/mol. The second kappa shape index (κ2) is 20.0. The third kappa shape index (κ3) is 8.09. The van der Waals surface area contributed by atoms with Gasteiger partial charge in [0.25, 0.3) is 0 Å². The fourth-order valence-corrected chi connectivity index (χ4v) is 11.0. The summed E-state index contributed by atoms with van der Waals surface area (Å²) < 4.78 is 4.02. The Bertz CT molecular complexity index is 4710. The molecule has 0 atom stereocenters. The highest BCUT2D eigenvalue weighted by Crippen LogP contribution is 2.45. The summed E-state index contributed by atoms with van der Waals surface area (Å²) in [6.07, 6.45) is 0. The van der Waals surface area contributed by atoms with Crippen LogP contribution in [0.2, 0.25) is 0 Å². The third-order valence-corrected chi connectivity index (χ3v) is 14.8. The molecule has 0 spiro atoms. The molecule has 12 aromatic rings. The molecule has 0 N–H and O–H groups in total. The van der Waals surface area contributed by atoms with Crippen molar-refractivity contribution in [2.75, 3.05) is 0 Å². The molecule has 370 valence electrons. The standard InChI is InChI=1S/C70H30N12/c1-76-52-15-23-54(50(28-52)39-74)45-10-19-58-59-21-12-47(56-17-6-41(36-71)26-63(56)79-4)34-67(59)81(66(58)32-45)65-30-43(8-9-49(65)38-73)44-14-25-62(78-3)70(31-44)82-68-33-46(55-24-16-53(77-2)29-51(55)40-75)11-20-60(68)61-22-13-48(35-69(61)82)57-18-7-42(37-72)27-64(57)80-5/h6-35H. The molecule has 0 saturated heterocycles. The van der Waals surface area contributed by atoms with Gasteiger partial charge in [0.15, 0.2) is 22.7 Å². The number of hydrogen-bond donors (Lipinski definition) is 0. The van der Waals surface area contributed by atoms with Gasteiger partial charge in [0.2, 0.25) is 5.69 Å². The lowest BCUT2D eigenvalue weighted by molar-refractivity contribution is 1.17. The van der Waals surface area contributed by atoms with E-state index in [0.717, 1.165) is 21.5 Å². The number of nitriles is 5. The largest absolute Gasteiger partial charge is 0.319 e. The summed E-state index contributed by atoms with van der Waals surface area (Å²) in [6.45, 7) is 39.9. The Morgan fingerprint density at radius 3 is 1.04 bits per heavy atom. The summed E-state index contributed by atoms with van der Waals surface area (Å²) in [4.78, 5) is 18.7. The third-order valence-electron chi connectivity index (χ3n) is 14.8. The van der Waals surface area contributed by atoms with E-state index in [4.69, 9.17) is 32.9 Å². The fourth-order valence-electron chi connectivity index (χ4n) is 11.0. The zero-order chi connectivity index (χ0) is 56.8. The van der Waals surface area contributed by atoms with Gasteiger partial charge in [-0.2, -0.15) is 26.3 Å². The molecule has 2 aromatic heterocycles. The number of hydrogen-bond acceptors (Lipinski definition) is 5. The van der Waals surface area contributed by atoms with Gasteiger partial charge in [-0.25, -0.2) is 24.2 Å². The topological polar surface area (TPSA) is 151 Å². The molecule has 0 unspecified atom stereocenters. The molecular formula is C70H30N12. The molecule has 0 saturated carbocycles. The van der Waals surface area contributed by atoms with Gasteiger partial charge in [-0.05, 0) is 134 Å². The van der Waals surface area contributed by atoms with Crippen molar-refractivity contribution in [3.63, 3.8) is 0 Å². The van der Waals surface area contributed by atoms with E-state index in [1.807, 2.05) is 106 Å². The lowest BCUT2D eigenvalue weighted by Crippen LogP contribution is -1.99. The van der Waals surface area contributed by atoms with Crippen LogP contribution < -0.4 is 0 Å². The van der Waals surface area contributed by atoms with E-state index in [-0.39, 0.29) is 0 Å². The normalized spacial score (nSPS) is 10.6. The van der Waals surface area contributed by atoms with Gasteiger partial charge in [0.1, 0.15) is 6.07 Å². The van der Waals surface area contributed by atoms with Crippen molar-refractivity contribution in [1.29, 1.82) is 26.3 Å². The molecule has 0 aliphatic rings. The number of nitrogens with zero attached hydrogens (tertiary/aromatic N) is 12. The average molecular weight is 1040 g/mol. The first-order chi connectivity index (χ1) is 40.2. The number of benzene rings is 10. The zero-order valence-corrected chi connectivity index (χ0v) is 42.7. The lowest BCUT2D eigenvalue weighted by Gasteiger charge is -2.16. The first kappa shape index (κ1) is 49.6. The summed E-state index contributed by atoms with van der Waals surface area (Å²) >= 11 is 0. The lowest BCUT2D eigenvalue weighted by atomic mass is 9.98. The highest BCUT2D eigenvalue weighted by Gasteiger charge is 2.23. The molecule has 0 aliphatic heterocycles. The number of fused-ring (bicyclic) bond motifs is 6. The van der Waals surface area contributed by atoms with E-state index in [1.165, 1.54) is 0 Å². The van der Waals surface area contributed by atoms with Gasteiger partial charge >= 0.3 is 0 Å². The minimum atomic E-state index is 0.300. The Balaban J connectivity index is 1.11. The second-order valence-electron chi connectivity index (χ2n) is 19.1. The molecule has 82 heavy (non-hydrogen) atoms. The zero-order valence-electron chi connectivity index (χ0n) is 42.7. The Morgan fingerprint density at radius 1 is 0.280 bits per heavy atom. The van der Waals surface area contributed by atoms with Crippen molar-refractivity contribution in [3.8, 4) is 97.4 Å². The monoisotopic (exact) mass is 1040 g/mol. The van der Waals surface area contributed by atoms with Gasteiger partial charge < -0.3 is 9.13 Å². The highest BCUT2D eigenvalue weighted by atomic mass is 15.0. The van der Waals surface area contributed by atoms with Crippen LogP contribution in [-0.2, 0) is 0 Å². The maximum atomic E-state index is 11.0. The van der Waals surface area contributed by atoms with Crippen molar-refractivity contribution in [2.45, 2.75) is 0 Å². The van der Waals surface area contributed by atoms with E-state index in [2.05, 4.69) is 54.6 Å². The van der Waals surface area contributed by atoms with Crippen molar-refractivity contribution in [1.82, 2.24) is 9.13 Å². The van der Waals surface area contributed by atoms with Crippen LogP contribution >= 0.6 is 0 Å². The Kier molecular flexibility index (Phi) is 12.1. The molecule has 0 fully saturated rings. The van der Waals surface area contributed by atoms with Crippen LogP contribution in [-0.4, -0.2) is 9.13 Å². The van der Waals surface area contributed by atoms with Gasteiger partial charge in [0.05, 0.1) is 96.1 Å². The highest BCUT2D eigenvalue weighted by molar-refractivity contribution is 6.13. The minimum Gasteiger partial charge on any atom is -0.319 e. The van der Waals surface area contributed by atoms with Gasteiger partial charge in [-0.15, -0.1) is 0 Å². The van der Waals surface area contributed by atoms with Crippen LogP contribution in [0.1, 0.15) is 27.8 Å². The molecule has 2 heterocycles. The van der Waals surface area contributed by atoms with Crippen molar-refractivity contribution in [2.24, 2.45) is 0 Å². The summed E-state index contributed by atoms with van der Waals surface area (Å²) in [5.41, 5.74) is 13.8. The summed E-state index contributed by atoms with van der Waals surface area (Å²) in [5, 5.41) is 54.4. The predicted octanol–water partition coefficient (Wildman–Crippen LogP) is 18.3. The number of aromatic nitrogens is 2. The van der Waals surface area contributed by atoms with Crippen molar-refractivity contribution < 1.29 is 0 Å². The van der Waals surface area contributed by atoms with Crippen LogP contribution in [0.4, 0.5) is 28.4 Å². The Labute approximate surface area is 469 Å². The maximum absolute atomic E-state index is 11.0. The smallest absolute Gasteiger partial charge is 0.210 e. The summed E-state index contributed by atoms with van der Waals surface area (Å²) in [5.74, 6) is 0. The quantitative estimate of drug-likeness (QED) is 0.146. The van der Waals surface area contributed by atoms with E-state index < -0.39 is 0 Å². The van der Waals surface area contributed by atoms with Crippen LogP contribution in [0.15, 0.2) is 182 Å². The van der Waals surface area contributed by atoms with Crippen LogP contribution in [0.25, 0.3) is 135 Å². The van der Waals surface area contributed by atoms with E-state index in [1.54, 1.807) is 84.9 Å². The van der Waals surface area contributed by atoms with Crippen molar-refractivity contribution >= 4 is 72.0 Å². The summed E-state index contributed by atoms with van der Waals surface area (Å²) in [6, 6.07) is 65.8. The fraction of sp³-hybridized carbons (Fsp3) is 0. The number of rotatable bonds is 7. The van der Waals surface area contributed by atoms with Crippen molar-refractivity contribution in [3.05, 3.63) is 267 Å².